The van der Waals surface area contributed by atoms with Crippen LogP contribution in [0.1, 0.15) is 25.7 Å². The van der Waals surface area contributed by atoms with E-state index in [1.54, 1.807) is 0 Å². The quantitative estimate of drug-likeness (QED) is 0.573. The van der Waals surface area contributed by atoms with Crippen LogP contribution in [0.2, 0.25) is 0 Å². The molecule has 2 fully saturated rings. The topological polar surface area (TPSA) is 32.3 Å². The monoisotopic (exact) mass is 168 g/mol. The minimum atomic E-state index is 0.291. The SMILES string of the molecule is O=CN1CCCC2(CCCN2)C1. The fraction of sp³-hybridized carbons (Fsp3) is 0.889. The molecule has 1 atom stereocenters. The lowest BCUT2D eigenvalue weighted by molar-refractivity contribution is -0.120. The van der Waals surface area contributed by atoms with Crippen LogP contribution in [0.5, 0.6) is 0 Å². The van der Waals surface area contributed by atoms with Crippen molar-refractivity contribution in [3.05, 3.63) is 0 Å². The highest BCUT2D eigenvalue weighted by molar-refractivity contribution is 5.47. The van der Waals surface area contributed by atoms with E-state index in [0.717, 1.165) is 32.5 Å². The molecule has 12 heavy (non-hydrogen) atoms. The third kappa shape index (κ3) is 1.33. The Labute approximate surface area is 73.1 Å². The third-order valence-electron chi connectivity index (χ3n) is 3.09. The zero-order valence-corrected chi connectivity index (χ0v) is 7.38. The highest BCUT2D eigenvalue weighted by atomic mass is 16.1. The maximum absolute atomic E-state index is 10.6. The highest BCUT2D eigenvalue weighted by Gasteiger charge is 2.36. The van der Waals surface area contributed by atoms with Crippen LogP contribution in [-0.4, -0.2) is 36.5 Å². The number of nitrogens with zero attached hydrogens (tertiary/aromatic N) is 1. The van der Waals surface area contributed by atoms with Crippen LogP contribution in [0.25, 0.3) is 0 Å². The van der Waals surface area contributed by atoms with E-state index in [9.17, 15) is 4.79 Å². The number of likely N-dealkylation sites (tertiary alicyclic amines) is 1. The van der Waals surface area contributed by atoms with Gasteiger partial charge in [-0.2, -0.15) is 0 Å². The number of nitrogens with one attached hydrogen (secondary N) is 1. The molecule has 0 bridgehead atoms. The Morgan fingerprint density at radius 3 is 2.83 bits per heavy atom. The van der Waals surface area contributed by atoms with Gasteiger partial charge in [-0.1, -0.05) is 0 Å². The number of carbonyl (C=O) groups is 1. The van der Waals surface area contributed by atoms with Gasteiger partial charge in [0.05, 0.1) is 0 Å². The number of amides is 1. The lowest BCUT2D eigenvalue weighted by atomic mass is 9.88. The van der Waals surface area contributed by atoms with Crippen molar-refractivity contribution in [1.29, 1.82) is 0 Å². The predicted octanol–water partition coefficient (Wildman–Crippen LogP) is 0.361. The Hall–Kier alpha value is -0.570. The van der Waals surface area contributed by atoms with Crippen LogP contribution >= 0.6 is 0 Å². The van der Waals surface area contributed by atoms with Gasteiger partial charge in [0.25, 0.3) is 0 Å². The number of hydrogen-bond donors (Lipinski definition) is 1. The van der Waals surface area contributed by atoms with Gasteiger partial charge in [0.1, 0.15) is 0 Å². The van der Waals surface area contributed by atoms with E-state index < -0.39 is 0 Å². The van der Waals surface area contributed by atoms with Crippen LogP contribution in [0.15, 0.2) is 0 Å². The summed E-state index contributed by atoms with van der Waals surface area (Å²) in [7, 11) is 0. The Kier molecular flexibility index (Phi) is 2.05. The molecule has 1 N–H and O–H groups in total. The van der Waals surface area contributed by atoms with Gasteiger partial charge < -0.3 is 10.2 Å². The summed E-state index contributed by atoms with van der Waals surface area (Å²) < 4.78 is 0. The van der Waals surface area contributed by atoms with E-state index in [4.69, 9.17) is 0 Å². The molecule has 68 valence electrons. The molecule has 0 aliphatic carbocycles. The summed E-state index contributed by atoms with van der Waals surface area (Å²) in [5.74, 6) is 0. The van der Waals surface area contributed by atoms with Gasteiger partial charge in [-0.05, 0) is 32.2 Å². The average molecular weight is 168 g/mol. The summed E-state index contributed by atoms with van der Waals surface area (Å²) in [6.07, 6.45) is 5.91. The number of rotatable bonds is 1. The second kappa shape index (κ2) is 3.05. The van der Waals surface area contributed by atoms with E-state index in [0.29, 0.717) is 5.54 Å². The maximum atomic E-state index is 10.6. The van der Waals surface area contributed by atoms with Crippen molar-refractivity contribution >= 4 is 6.41 Å². The molecule has 0 aromatic heterocycles. The van der Waals surface area contributed by atoms with Crippen molar-refractivity contribution < 1.29 is 4.79 Å². The fourth-order valence-corrected chi connectivity index (χ4v) is 2.47. The lowest BCUT2D eigenvalue weighted by Gasteiger charge is -2.38. The zero-order chi connectivity index (χ0) is 8.44. The second-order valence-corrected chi connectivity index (χ2v) is 3.99. The molecule has 1 spiro atoms. The fourth-order valence-electron chi connectivity index (χ4n) is 2.47. The molecule has 3 nitrogen and oxygen atoms in total. The van der Waals surface area contributed by atoms with E-state index in [-0.39, 0.29) is 0 Å². The van der Waals surface area contributed by atoms with Crippen molar-refractivity contribution in [3.63, 3.8) is 0 Å². The predicted molar refractivity (Wildman–Crippen MR) is 46.8 cm³/mol. The van der Waals surface area contributed by atoms with Gasteiger partial charge in [-0.15, -0.1) is 0 Å². The summed E-state index contributed by atoms with van der Waals surface area (Å²) in [5.41, 5.74) is 0.291. The molecule has 0 aromatic rings. The molecule has 0 radical (unpaired) electrons. The Morgan fingerprint density at radius 2 is 2.17 bits per heavy atom. The van der Waals surface area contributed by atoms with Gasteiger partial charge in [-0.25, -0.2) is 0 Å². The summed E-state index contributed by atoms with van der Waals surface area (Å²) >= 11 is 0. The van der Waals surface area contributed by atoms with Crippen molar-refractivity contribution in [2.45, 2.75) is 31.2 Å². The molecule has 2 aliphatic heterocycles. The van der Waals surface area contributed by atoms with Crippen molar-refractivity contribution in [3.8, 4) is 0 Å². The molecule has 2 heterocycles. The number of carbonyl (C=O) groups excluding carboxylic acids is 1. The largest absolute Gasteiger partial charge is 0.343 e. The van der Waals surface area contributed by atoms with E-state index in [1.807, 2.05) is 4.90 Å². The maximum Gasteiger partial charge on any atom is 0.209 e. The first kappa shape index (κ1) is 8.05. The Morgan fingerprint density at radius 1 is 1.33 bits per heavy atom. The molecule has 2 saturated heterocycles. The highest BCUT2D eigenvalue weighted by Crippen LogP contribution is 2.28. The number of piperidine rings is 1. The van der Waals surface area contributed by atoms with Crippen LogP contribution in [0.3, 0.4) is 0 Å². The molecule has 2 rings (SSSR count). The van der Waals surface area contributed by atoms with Crippen LogP contribution in [0, 0.1) is 0 Å². The van der Waals surface area contributed by atoms with Gasteiger partial charge >= 0.3 is 0 Å². The van der Waals surface area contributed by atoms with Gasteiger partial charge in [0, 0.05) is 18.6 Å². The third-order valence-corrected chi connectivity index (χ3v) is 3.09. The zero-order valence-electron chi connectivity index (χ0n) is 7.38. The molecule has 2 aliphatic rings. The lowest BCUT2D eigenvalue weighted by Crippen LogP contribution is -2.53. The summed E-state index contributed by atoms with van der Waals surface area (Å²) in [4.78, 5) is 12.5. The molecular formula is C9H16N2O. The smallest absolute Gasteiger partial charge is 0.209 e. The minimum absolute atomic E-state index is 0.291. The molecule has 0 saturated carbocycles. The molecule has 3 heteroatoms. The van der Waals surface area contributed by atoms with E-state index in [1.165, 1.54) is 19.3 Å². The molecule has 0 aromatic carbocycles. The van der Waals surface area contributed by atoms with Gasteiger partial charge in [0.15, 0.2) is 0 Å². The summed E-state index contributed by atoms with van der Waals surface area (Å²) in [5, 5.41) is 3.54. The Bertz CT molecular complexity index is 175. The first-order valence-electron chi connectivity index (χ1n) is 4.79. The van der Waals surface area contributed by atoms with Crippen molar-refractivity contribution in [2.75, 3.05) is 19.6 Å². The van der Waals surface area contributed by atoms with Gasteiger partial charge in [0.2, 0.25) is 6.41 Å². The minimum Gasteiger partial charge on any atom is -0.343 e. The van der Waals surface area contributed by atoms with E-state index in [2.05, 4.69) is 5.32 Å². The molecule has 1 unspecified atom stereocenters. The average Bonchev–Trinajstić information content (AvgIpc) is 2.53. The first-order valence-corrected chi connectivity index (χ1v) is 4.79. The van der Waals surface area contributed by atoms with Crippen molar-refractivity contribution in [2.24, 2.45) is 0 Å². The van der Waals surface area contributed by atoms with E-state index >= 15 is 0 Å². The van der Waals surface area contributed by atoms with Gasteiger partial charge in [-0.3, -0.25) is 4.79 Å². The van der Waals surface area contributed by atoms with Crippen LogP contribution in [0.4, 0.5) is 0 Å². The normalized spacial score (nSPS) is 35.8. The van der Waals surface area contributed by atoms with Crippen LogP contribution < -0.4 is 5.32 Å². The first-order chi connectivity index (χ1) is 5.85. The molecule has 1 amide bonds. The Balaban J connectivity index is 2.01. The number of hydrogen-bond acceptors (Lipinski definition) is 2. The standard InChI is InChI=1S/C9H16N2O/c12-8-11-6-2-4-9(7-11)3-1-5-10-9/h8,10H,1-7H2. The van der Waals surface area contributed by atoms with Crippen LogP contribution in [-0.2, 0) is 4.79 Å². The summed E-state index contributed by atoms with van der Waals surface area (Å²) in [6.45, 7) is 3.01. The summed E-state index contributed by atoms with van der Waals surface area (Å²) in [6, 6.07) is 0. The molecular weight excluding hydrogens is 152 g/mol. The second-order valence-electron chi connectivity index (χ2n) is 3.99. The van der Waals surface area contributed by atoms with Crippen molar-refractivity contribution in [1.82, 2.24) is 10.2 Å².